The number of nitrogens with zero attached hydrogens (tertiary/aromatic N) is 3. The maximum absolute atomic E-state index is 12.6. The third-order valence-electron chi connectivity index (χ3n) is 5.53. The third kappa shape index (κ3) is 3.39. The zero-order chi connectivity index (χ0) is 17.2. The van der Waals surface area contributed by atoms with E-state index in [1.807, 2.05) is 23.2 Å². The number of pyridine rings is 1. The number of anilines is 1. The monoisotopic (exact) mass is 335 g/mol. The number of carbonyl (C=O) groups is 1. The molecule has 4 heteroatoms. The molecule has 1 aromatic carbocycles. The Bertz CT molecular complexity index is 748. The summed E-state index contributed by atoms with van der Waals surface area (Å²) in [6, 6.07) is 12.5. The van der Waals surface area contributed by atoms with Crippen molar-refractivity contribution in [1.29, 1.82) is 0 Å². The number of aromatic nitrogens is 1. The van der Waals surface area contributed by atoms with Crippen LogP contribution in [0.1, 0.15) is 41.4 Å². The zero-order valence-electron chi connectivity index (χ0n) is 14.8. The van der Waals surface area contributed by atoms with Crippen molar-refractivity contribution in [3.05, 3.63) is 59.4 Å². The molecular formula is C21H25N3O. The Balaban J connectivity index is 1.45. The fourth-order valence-corrected chi connectivity index (χ4v) is 3.79. The first kappa shape index (κ1) is 16.1. The van der Waals surface area contributed by atoms with Crippen molar-refractivity contribution in [3.63, 3.8) is 0 Å². The van der Waals surface area contributed by atoms with E-state index >= 15 is 0 Å². The molecule has 4 nitrogen and oxygen atoms in total. The highest BCUT2D eigenvalue weighted by Gasteiger charge is 2.23. The smallest absolute Gasteiger partial charge is 0.272 e. The summed E-state index contributed by atoms with van der Waals surface area (Å²) in [6.45, 7) is 5.87. The highest BCUT2D eigenvalue weighted by Crippen LogP contribution is 2.24. The number of hydrogen-bond donors (Lipinski definition) is 0. The number of amides is 1. The van der Waals surface area contributed by atoms with Crippen molar-refractivity contribution in [2.75, 3.05) is 24.5 Å². The minimum Gasteiger partial charge on any atom is -0.366 e. The summed E-state index contributed by atoms with van der Waals surface area (Å²) in [6.07, 6.45) is 5.10. The van der Waals surface area contributed by atoms with Gasteiger partial charge in [-0.3, -0.25) is 4.79 Å². The summed E-state index contributed by atoms with van der Waals surface area (Å²) < 4.78 is 0. The molecule has 1 amide bonds. The van der Waals surface area contributed by atoms with Crippen LogP contribution < -0.4 is 4.90 Å². The minimum atomic E-state index is 0.0717. The van der Waals surface area contributed by atoms with Crippen molar-refractivity contribution >= 4 is 11.6 Å². The van der Waals surface area contributed by atoms with E-state index in [9.17, 15) is 4.79 Å². The van der Waals surface area contributed by atoms with Gasteiger partial charge in [-0.1, -0.05) is 31.2 Å². The van der Waals surface area contributed by atoms with Crippen LogP contribution in [0.15, 0.2) is 42.6 Å². The molecule has 2 aliphatic heterocycles. The predicted molar refractivity (Wildman–Crippen MR) is 99.7 cm³/mol. The molecule has 0 aliphatic carbocycles. The van der Waals surface area contributed by atoms with Crippen LogP contribution in [0.5, 0.6) is 0 Å². The van der Waals surface area contributed by atoms with Crippen LogP contribution in [0.2, 0.25) is 0 Å². The van der Waals surface area contributed by atoms with Gasteiger partial charge in [0.1, 0.15) is 5.69 Å². The molecule has 25 heavy (non-hydrogen) atoms. The van der Waals surface area contributed by atoms with Gasteiger partial charge in [0.25, 0.3) is 5.91 Å². The van der Waals surface area contributed by atoms with E-state index in [2.05, 4.69) is 41.1 Å². The van der Waals surface area contributed by atoms with E-state index in [-0.39, 0.29) is 5.91 Å². The summed E-state index contributed by atoms with van der Waals surface area (Å²) in [4.78, 5) is 21.4. The quantitative estimate of drug-likeness (QED) is 0.842. The molecule has 0 radical (unpaired) electrons. The van der Waals surface area contributed by atoms with E-state index in [1.54, 1.807) is 0 Å². The minimum absolute atomic E-state index is 0.0717. The molecule has 0 bridgehead atoms. The Labute approximate surface area is 149 Å². The lowest BCUT2D eigenvalue weighted by Crippen LogP contribution is -2.38. The maximum Gasteiger partial charge on any atom is 0.272 e. The number of rotatable bonds is 2. The van der Waals surface area contributed by atoms with Gasteiger partial charge in [0.05, 0.1) is 11.9 Å². The standard InChI is InChI=1S/C21H25N3O/c1-16-8-11-23(12-9-16)21(25)20-7-6-19(14-22-20)24-13-10-17-4-2-3-5-18(17)15-24/h2-7,14,16H,8-13,15H2,1H3. The second kappa shape index (κ2) is 6.87. The first-order chi connectivity index (χ1) is 12.2. The Morgan fingerprint density at radius 3 is 2.52 bits per heavy atom. The number of carbonyl (C=O) groups excluding carboxylic acids is 1. The molecule has 0 N–H and O–H groups in total. The molecule has 4 rings (SSSR count). The summed E-state index contributed by atoms with van der Waals surface area (Å²) in [7, 11) is 0. The molecule has 3 heterocycles. The Kier molecular flexibility index (Phi) is 4.43. The normalized spacial score (nSPS) is 18.1. The molecule has 0 spiro atoms. The number of fused-ring (bicyclic) bond motifs is 1. The molecule has 2 aliphatic rings. The van der Waals surface area contributed by atoms with Crippen LogP contribution in [0.4, 0.5) is 5.69 Å². The van der Waals surface area contributed by atoms with E-state index in [4.69, 9.17) is 0 Å². The van der Waals surface area contributed by atoms with Crippen LogP contribution in [0.25, 0.3) is 0 Å². The summed E-state index contributed by atoms with van der Waals surface area (Å²) in [5, 5.41) is 0. The van der Waals surface area contributed by atoms with Crippen molar-refractivity contribution in [2.45, 2.75) is 32.7 Å². The van der Waals surface area contributed by atoms with Crippen LogP contribution >= 0.6 is 0 Å². The fraction of sp³-hybridized carbons (Fsp3) is 0.429. The van der Waals surface area contributed by atoms with E-state index in [0.29, 0.717) is 5.69 Å². The summed E-state index contributed by atoms with van der Waals surface area (Å²) >= 11 is 0. The van der Waals surface area contributed by atoms with Gasteiger partial charge >= 0.3 is 0 Å². The fourth-order valence-electron chi connectivity index (χ4n) is 3.79. The first-order valence-electron chi connectivity index (χ1n) is 9.28. The molecule has 2 aromatic rings. The van der Waals surface area contributed by atoms with Crippen LogP contribution in [-0.4, -0.2) is 35.4 Å². The molecular weight excluding hydrogens is 310 g/mol. The number of hydrogen-bond acceptors (Lipinski definition) is 3. The number of likely N-dealkylation sites (tertiary alicyclic amines) is 1. The molecule has 1 aromatic heterocycles. The zero-order valence-corrected chi connectivity index (χ0v) is 14.8. The molecule has 0 atom stereocenters. The highest BCUT2D eigenvalue weighted by atomic mass is 16.2. The molecule has 1 saturated heterocycles. The number of piperidine rings is 1. The van der Waals surface area contributed by atoms with Gasteiger partial charge in [0.15, 0.2) is 0 Å². The average molecular weight is 335 g/mol. The second-order valence-electron chi connectivity index (χ2n) is 7.32. The third-order valence-corrected chi connectivity index (χ3v) is 5.53. The van der Waals surface area contributed by atoms with Crippen molar-refractivity contribution in [2.24, 2.45) is 5.92 Å². The van der Waals surface area contributed by atoms with Crippen LogP contribution in [0, 0.1) is 5.92 Å². The average Bonchev–Trinajstić information content (AvgIpc) is 2.68. The van der Waals surface area contributed by atoms with Crippen molar-refractivity contribution in [1.82, 2.24) is 9.88 Å². The van der Waals surface area contributed by atoms with Gasteiger partial charge in [-0.05, 0) is 48.4 Å². The van der Waals surface area contributed by atoms with Crippen LogP contribution in [0.3, 0.4) is 0 Å². The van der Waals surface area contributed by atoms with Gasteiger partial charge in [-0.25, -0.2) is 4.98 Å². The van der Waals surface area contributed by atoms with Gasteiger partial charge in [0, 0.05) is 26.2 Å². The Morgan fingerprint density at radius 1 is 1.04 bits per heavy atom. The first-order valence-corrected chi connectivity index (χ1v) is 9.28. The van der Waals surface area contributed by atoms with Gasteiger partial charge in [-0.15, -0.1) is 0 Å². The lowest BCUT2D eigenvalue weighted by atomic mass is 9.99. The van der Waals surface area contributed by atoms with E-state index in [0.717, 1.165) is 57.0 Å². The van der Waals surface area contributed by atoms with E-state index < -0.39 is 0 Å². The summed E-state index contributed by atoms with van der Waals surface area (Å²) in [5.74, 6) is 0.795. The van der Waals surface area contributed by atoms with Gasteiger partial charge < -0.3 is 9.80 Å². The SMILES string of the molecule is CC1CCN(C(=O)c2ccc(N3CCc4ccccc4C3)cn2)CC1. The topological polar surface area (TPSA) is 36.4 Å². The maximum atomic E-state index is 12.6. The molecule has 130 valence electrons. The Hall–Kier alpha value is -2.36. The highest BCUT2D eigenvalue weighted by molar-refractivity contribution is 5.92. The molecule has 0 saturated carbocycles. The van der Waals surface area contributed by atoms with Crippen LogP contribution in [-0.2, 0) is 13.0 Å². The lowest BCUT2D eigenvalue weighted by molar-refractivity contribution is 0.0691. The van der Waals surface area contributed by atoms with E-state index in [1.165, 1.54) is 11.1 Å². The van der Waals surface area contributed by atoms with Gasteiger partial charge in [0.2, 0.25) is 0 Å². The van der Waals surface area contributed by atoms with Gasteiger partial charge in [-0.2, -0.15) is 0 Å². The molecule has 1 fully saturated rings. The second-order valence-corrected chi connectivity index (χ2v) is 7.32. The van der Waals surface area contributed by atoms with Crippen molar-refractivity contribution < 1.29 is 4.79 Å². The largest absolute Gasteiger partial charge is 0.366 e. The summed E-state index contributed by atoms with van der Waals surface area (Å²) in [5.41, 5.74) is 4.49. The lowest BCUT2D eigenvalue weighted by Gasteiger charge is -2.31. The predicted octanol–water partition coefficient (Wildman–Crippen LogP) is 3.52. The molecule has 0 unspecified atom stereocenters. The number of benzene rings is 1. The van der Waals surface area contributed by atoms with Crippen molar-refractivity contribution in [3.8, 4) is 0 Å². The Morgan fingerprint density at radius 2 is 1.80 bits per heavy atom.